The van der Waals surface area contributed by atoms with Crippen LogP contribution in [0.2, 0.25) is 0 Å². The number of hydrogen-bond acceptors (Lipinski definition) is 1. The average molecular weight is 280 g/mol. The predicted octanol–water partition coefficient (Wildman–Crippen LogP) is 5.82. The third-order valence-corrected chi connectivity index (χ3v) is 3.96. The maximum atomic E-state index is 6.08. The van der Waals surface area contributed by atoms with E-state index in [0.717, 1.165) is 6.42 Å². The van der Waals surface area contributed by atoms with Gasteiger partial charge in [-0.05, 0) is 20.3 Å². The lowest BCUT2D eigenvalue weighted by atomic mass is 9.95. The quantitative estimate of drug-likeness (QED) is 0.334. The van der Waals surface area contributed by atoms with Crippen LogP contribution in [-0.2, 0) is 0 Å². The maximum absolute atomic E-state index is 6.08. The van der Waals surface area contributed by atoms with Gasteiger partial charge in [0.05, 0.1) is 5.54 Å². The molecule has 1 heteroatoms. The second-order valence-electron chi connectivity index (χ2n) is 6.43. The van der Waals surface area contributed by atoms with E-state index in [1.807, 2.05) is 13.8 Å². The van der Waals surface area contributed by atoms with Crippen LogP contribution in [0.1, 0.15) is 104 Å². The second kappa shape index (κ2) is 13.5. The molecule has 0 saturated carbocycles. The summed E-state index contributed by atoms with van der Waals surface area (Å²) in [6.45, 7) is 6.19. The number of unbranched alkanes of at least 4 members (excludes halogenated alkanes) is 11. The zero-order valence-electron chi connectivity index (χ0n) is 14.3. The van der Waals surface area contributed by atoms with Crippen LogP contribution in [0.4, 0.5) is 0 Å². The Morgan fingerprint density at radius 1 is 0.750 bits per heavy atom. The molecule has 0 aliphatic rings. The van der Waals surface area contributed by atoms with E-state index < -0.39 is 0 Å². The normalized spacial score (nSPS) is 13.6. The van der Waals surface area contributed by atoms with Crippen molar-refractivity contribution < 1.29 is 0 Å². The van der Waals surface area contributed by atoms with Gasteiger partial charge in [0.25, 0.3) is 0 Å². The Kier molecular flexibility index (Phi) is 13.2. The molecule has 0 heterocycles. The molecule has 0 bridgehead atoms. The molecule has 1 atom stereocenters. The van der Waals surface area contributed by atoms with Crippen molar-refractivity contribution in [1.82, 2.24) is 0 Å². The maximum Gasteiger partial charge on any atom is 0.0747 e. The van der Waals surface area contributed by atoms with Crippen molar-refractivity contribution in [3.05, 3.63) is 0 Å². The van der Waals surface area contributed by atoms with E-state index in [9.17, 15) is 0 Å². The van der Waals surface area contributed by atoms with Crippen LogP contribution in [0, 0.1) is 11.8 Å². The molecular formula is C19H37N. The Morgan fingerprint density at radius 3 is 1.55 bits per heavy atom. The SMILES string of the molecule is CC#CC(C)(N)CCCCCCCCCCCCCC. The van der Waals surface area contributed by atoms with Crippen molar-refractivity contribution in [1.29, 1.82) is 0 Å². The van der Waals surface area contributed by atoms with E-state index in [4.69, 9.17) is 5.73 Å². The Bertz CT molecular complexity index is 257. The number of nitrogens with two attached hydrogens (primary N) is 1. The van der Waals surface area contributed by atoms with Gasteiger partial charge >= 0.3 is 0 Å². The van der Waals surface area contributed by atoms with Crippen LogP contribution in [0.25, 0.3) is 0 Å². The summed E-state index contributed by atoms with van der Waals surface area (Å²) in [5.74, 6) is 6.02. The third kappa shape index (κ3) is 13.9. The van der Waals surface area contributed by atoms with Gasteiger partial charge in [0, 0.05) is 0 Å². The van der Waals surface area contributed by atoms with Gasteiger partial charge in [0.2, 0.25) is 0 Å². The molecule has 0 aliphatic heterocycles. The Hall–Kier alpha value is -0.480. The molecule has 0 fully saturated rings. The highest BCUT2D eigenvalue weighted by molar-refractivity contribution is 5.12. The summed E-state index contributed by atoms with van der Waals surface area (Å²) in [6, 6.07) is 0. The first-order chi connectivity index (χ1) is 9.62. The van der Waals surface area contributed by atoms with Crippen LogP contribution in [0.5, 0.6) is 0 Å². The molecule has 0 saturated heterocycles. The first kappa shape index (κ1) is 19.5. The highest BCUT2D eigenvalue weighted by Gasteiger charge is 2.13. The topological polar surface area (TPSA) is 26.0 Å². The molecule has 0 aromatic heterocycles. The first-order valence-electron chi connectivity index (χ1n) is 8.85. The summed E-state index contributed by atoms with van der Waals surface area (Å²) < 4.78 is 0. The molecule has 118 valence electrons. The molecule has 0 aromatic carbocycles. The Morgan fingerprint density at radius 2 is 1.15 bits per heavy atom. The second-order valence-corrected chi connectivity index (χ2v) is 6.43. The molecule has 0 spiro atoms. The lowest BCUT2D eigenvalue weighted by Crippen LogP contribution is -2.33. The van der Waals surface area contributed by atoms with Crippen molar-refractivity contribution in [3.8, 4) is 11.8 Å². The summed E-state index contributed by atoms with van der Waals surface area (Å²) in [6.07, 6.45) is 17.7. The van der Waals surface area contributed by atoms with E-state index in [-0.39, 0.29) is 5.54 Å². The summed E-state index contributed by atoms with van der Waals surface area (Å²) in [4.78, 5) is 0. The van der Waals surface area contributed by atoms with Gasteiger partial charge in [0.1, 0.15) is 0 Å². The molecule has 0 amide bonds. The van der Waals surface area contributed by atoms with Crippen molar-refractivity contribution in [2.24, 2.45) is 5.73 Å². The predicted molar refractivity (Wildman–Crippen MR) is 91.7 cm³/mol. The van der Waals surface area contributed by atoms with Crippen molar-refractivity contribution >= 4 is 0 Å². The highest BCUT2D eigenvalue weighted by Crippen LogP contribution is 2.15. The summed E-state index contributed by atoms with van der Waals surface area (Å²) >= 11 is 0. The molecule has 0 aliphatic carbocycles. The van der Waals surface area contributed by atoms with Gasteiger partial charge in [-0.3, -0.25) is 0 Å². The minimum absolute atomic E-state index is 0.271. The fourth-order valence-electron chi connectivity index (χ4n) is 2.68. The summed E-state index contributed by atoms with van der Waals surface area (Å²) in [5.41, 5.74) is 5.81. The molecular weight excluding hydrogens is 242 g/mol. The van der Waals surface area contributed by atoms with E-state index in [2.05, 4.69) is 18.8 Å². The van der Waals surface area contributed by atoms with Crippen molar-refractivity contribution in [2.45, 2.75) is 110 Å². The van der Waals surface area contributed by atoms with Crippen LogP contribution in [0.3, 0.4) is 0 Å². The first-order valence-corrected chi connectivity index (χ1v) is 8.85. The minimum Gasteiger partial charge on any atom is -0.315 e. The smallest absolute Gasteiger partial charge is 0.0747 e. The van der Waals surface area contributed by atoms with Gasteiger partial charge in [-0.1, -0.05) is 89.9 Å². The largest absolute Gasteiger partial charge is 0.315 e. The molecule has 1 nitrogen and oxygen atoms in total. The van der Waals surface area contributed by atoms with E-state index in [1.54, 1.807) is 0 Å². The summed E-state index contributed by atoms with van der Waals surface area (Å²) in [5, 5.41) is 0. The van der Waals surface area contributed by atoms with Crippen molar-refractivity contribution in [3.63, 3.8) is 0 Å². The van der Waals surface area contributed by atoms with Gasteiger partial charge in [0.15, 0.2) is 0 Å². The Balaban J connectivity index is 3.19. The van der Waals surface area contributed by atoms with Crippen molar-refractivity contribution in [2.75, 3.05) is 0 Å². The fourth-order valence-corrected chi connectivity index (χ4v) is 2.68. The fraction of sp³-hybridized carbons (Fsp3) is 0.895. The summed E-state index contributed by atoms with van der Waals surface area (Å²) in [7, 11) is 0. The van der Waals surface area contributed by atoms with Crippen LogP contribution < -0.4 is 5.73 Å². The zero-order chi connectivity index (χ0) is 15.1. The Labute approximate surface area is 128 Å². The van der Waals surface area contributed by atoms with Gasteiger partial charge in [-0.25, -0.2) is 0 Å². The van der Waals surface area contributed by atoms with Crippen LogP contribution >= 0.6 is 0 Å². The van der Waals surface area contributed by atoms with E-state index in [0.29, 0.717) is 0 Å². The number of rotatable bonds is 13. The van der Waals surface area contributed by atoms with Gasteiger partial charge in [-0.2, -0.15) is 0 Å². The molecule has 0 aromatic rings. The van der Waals surface area contributed by atoms with Gasteiger partial charge in [-0.15, -0.1) is 5.92 Å². The van der Waals surface area contributed by atoms with E-state index in [1.165, 1.54) is 77.0 Å². The van der Waals surface area contributed by atoms with E-state index >= 15 is 0 Å². The highest BCUT2D eigenvalue weighted by atomic mass is 14.7. The van der Waals surface area contributed by atoms with Crippen LogP contribution in [-0.4, -0.2) is 5.54 Å². The molecule has 1 unspecified atom stereocenters. The molecule has 0 radical (unpaired) electrons. The lowest BCUT2D eigenvalue weighted by Gasteiger charge is -2.17. The molecule has 0 rings (SSSR count). The zero-order valence-corrected chi connectivity index (χ0v) is 14.3. The van der Waals surface area contributed by atoms with Crippen LogP contribution in [0.15, 0.2) is 0 Å². The minimum atomic E-state index is -0.271. The molecule has 20 heavy (non-hydrogen) atoms. The lowest BCUT2D eigenvalue weighted by molar-refractivity contribution is 0.489. The molecule has 2 N–H and O–H groups in total. The average Bonchev–Trinajstić information content (AvgIpc) is 2.40. The monoisotopic (exact) mass is 279 g/mol. The third-order valence-electron chi connectivity index (χ3n) is 3.96. The number of hydrogen-bond donors (Lipinski definition) is 1. The van der Waals surface area contributed by atoms with Gasteiger partial charge < -0.3 is 5.73 Å². The standard InChI is InChI=1S/C19H37N/c1-4-6-7-8-9-10-11-12-13-14-15-16-18-19(3,20)17-5-2/h4,6-16,18,20H2,1-3H3.